The van der Waals surface area contributed by atoms with E-state index in [1.165, 1.54) is 6.20 Å². The molecule has 204 valence electrons. The van der Waals surface area contributed by atoms with Crippen molar-refractivity contribution in [1.82, 2.24) is 14.3 Å². The Labute approximate surface area is 219 Å². The number of ketones is 1. The van der Waals surface area contributed by atoms with Crippen LogP contribution in [0.1, 0.15) is 33.5 Å². The van der Waals surface area contributed by atoms with Crippen molar-refractivity contribution in [2.45, 2.75) is 25.7 Å². The number of hydrogen-bond acceptors (Lipinski definition) is 4. The lowest BCUT2D eigenvalue weighted by Gasteiger charge is -2.21. The number of aryl methyl sites for hydroxylation is 1. The molecule has 0 unspecified atom stereocenters. The average Bonchev–Trinajstić information content (AvgIpc) is 3.50. The smallest absolute Gasteiger partial charge is 0.345 e. The molecule has 5 rings (SSSR count). The Morgan fingerprint density at radius 2 is 1.85 bits per heavy atom. The van der Waals surface area contributed by atoms with Crippen LogP contribution in [-0.2, 0) is 16.4 Å². The molecule has 1 aliphatic rings. The fourth-order valence-corrected chi connectivity index (χ4v) is 5.80. The second kappa shape index (κ2) is 9.72. The molecule has 0 amide bonds. The Morgan fingerprint density at radius 1 is 1.13 bits per heavy atom. The van der Waals surface area contributed by atoms with Crippen LogP contribution in [0, 0.1) is 12.7 Å². The van der Waals surface area contributed by atoms with Crippen molar-refractivity contribution in [3.8, 4) is 11.1 Å². The molecule has 0 aliphatic carbocycles. The molecule has 0 radical (unpaired) electrons. The van der Waals surface area contributed by atoms with Crippen LogP contribution < -0.4 is 4.72 Å². The van der Waals surface area contributed by atoms with Crippen molar-refractivity contribution in [2.24, 2.45) is 0 Å². The topological polar surface area (TPSA) is 95.2 Å². The van der Waals surface area contributed by atoms with Crippen molar-refractivity contribution in [3.05, 3.63) is 82.9 Å². The highest BCUT2D eigenvalue weighted by atomic mass is 32.2. The second-order valence-electron chi connectivity index (χ2n) is 9.21. The summed E-state index contributed by atoms with van der Waals surface area (Å²) >= 11 is 0. The minimum absolute atomic E-state index is 0.112. The summed E-state index contributed by atoms with van der Waals surface area (Å²) in [6.07, 6.45) is -4.25. The first-order chi connectivity index (χ1) is 18.3. The van der Waals surface area contributed by atoms with Gasteiger partial charge in [0.25, 0.3) is 0 Å². The number of alkyl halides is 4. The zero-order valence-electron chi connectivity index (χ0n) is 20.3. The molecule has 2 aromatic carbocycles. The number of carbonyl (C=O) groups is 1. The minimum Gasteiger partial charge on any atom is -0.345 e. The van der Waals surface area contributed by atoms with Crippen LogP contribution in [0.4, 0.5) is 27.6 Å². The van der Waals surface area contributed by atoms with Gasteiger partial charge in [-0.2, -0.15) is 25.9 Å². The third-order valence-corrected chi connectivity index (χ3v) is 7.99. The second-order valence-corrected chi connectivity index (χ2v) is 10.9. The molecule has 7 nitrogen and oxygen atoms in total. The molecule has 1 aliphatic heterocycles. The number of H-pyrrole nitrogens is 1. The van der Waals surface area contributed by atoms with E-state index < -0.39 is 57.5 Å². The Hall–Kier alpha value is -3.84. The van der Waals surface area contributed by atoms with Crippen molar-refractivity contribution >= 4 is 32.7 Å². The highest BCUT2D eigenvalue weighted by molar-refractivity contribution is 7.90. The van der Waals surface area contributed by atoms with Crippen LogP contribution >= 0.6 is 0 Å². The maximum Gasteiger partial charge on any atom is 0.419 e. The first-order valence-electron chi connectivity index (χ1n) is 11.8. The van der Waals surface area contributed by atoms with Gasteiger partial charge < -0.3 is 4.98 Å². The summed E-state index contributed by atoms with van der Waals surface area (Å²) in [6, 6.07) is 10.1. The van der Waals surface area contributed by atoms with Gasteiger partial charge in [-0.3, -0.25) is 9.52 Å². The summed E-state index contributed by atoms with van der Waals surface area (Å²) in [5.41, 5.74) is -1.96. The highest BCUT2D eigenvalue weighted by Crippen LogP contribution is 2.41. The summed E-state index contributed by atoms with van der Waals surface area (Å²) in [5, 5.41) is 0.155. The molecule has 0 spiro atoms. The van der Waals surface area contributed by atoms with Gasteiger partial charge in [0.15, 0.2) is 5.78 Å². The van der Waals surface area contributed by atoms with Crippen molar-refractivity contribution in [1.29, 1.82) is 0 Å². The van der Waals surface area contributed by atoms with Crippen LogP contribution in [0.15, 0.2) is 54.9 Å². The Bertz CT molecular complexity index is 1680. The van der Waals surface area contributed by atoms with E-state index in [1.54, 1.807) is 10.8 Å². The zero-order valence-corrected chi connectivity index (χ0v) is 21.1. The maximum absolute atomic E-state index is 15.0. The SMILES string of the molecule is Cc1ccc(-c2cnc3[nH]cc(C(=O)c4c(F)ccc(NS(=O)(=O)N5CC[C@@H](F)C5)c4C(F)(F)F)c3c2)cc1. The highest BCUT2D eigenvalue weighted by Gasteiger charge is 2.42. The fraction of sp³-hybridized carbons (Fsp3) is 0.231. The van der Waals surface area contributed by atoms with Gasteiger partial charge in [0, 0.05) is 42.0 Å². The lowest BCUT2D eigenvalue weighted by atomic mass is 9.95. The Morgan fingerprint density at radius 3 is 2.49 bits per heavy atom. The molecule has 2 aromatic heterocycles. The number of aromatic nitrogens is 2. The predicted octanol–water partition coefficient (Wildman–Crippen LogP) is 5.63. The molecule has 0 saturated carbocycles. The van der Waals surface area contributed by atoms with Crippen molar-refractivity contribution < 1.29 is 35.2 Å². The number of nitrogens with zero attached hydrogens (tertiary/aromatic N) is 2. The van der Waals surface area contributed by atoms with Gasteiger partial charge in [0.2, 0.25) is 0 Å². The Balaban J connectivity index is 1.61. The molecular weight excluding hydrogens is 543 g/mol. The first kappa shape index (κ1) is 26.8. The number of anilines is 1. The van der Waals surface area contributed by atoms with Crippen LogP contribution in [0.2, 0.25) is 0 Å². The van der Waals surface area contributed by atoms with E-state index in [1.807, 2.05) is 31.2 Å². The summed E-state index contributed by atoms with van der Waals surface area (Å²) in [4.78, 5) is 20.4. The van der Waals surface area contributed by atoms with E-state index in [0.717, 1.165) is 17.3 Å². The standard InChI is InChI=1S/C26H21F5N4O3S/c1-14-2-4-15(5-3-14)16-10-18-19(12-33-25(18)32-11-16)24(36)22-20(28)6-7-21(23(22)26(29,30)31)34-39(37,38)35-9-8-17(27)13-35/h2-7,10-12,17,34H,8-9,13H2,1H3,(H,32,33)/t17-/m1/s1. The van der Waals surface area contributed by atoms with Gasteiger partial charge in [0.1, 0.15) is 17.6 Å². The van der Waals surface area contributed by atoms with Crippen molar-refractivity contribution in [3.63, 3.8) is 0 Å². The number of aromatic amines is 1. The third-order valence-electron chi connectivity index (χ3n) is 6.50. The van der Waals surface area contributed by atoms with Crippen LogP contribution in [-0.4, -0.2) is 47.7 Å². The van der Waals surface area contributed by atoms with E-state index in [0.29, 0.717) is 22.0 Å². The minimum atomic E-state index is -5.32. The molecule has 4 aromatic rings. The normalized spacial score (nSPS) is 16.6. The molecule has 13 heteroatoms. The van der Waals surface area contributed by atoms with Gasteiger partial charge in [0.05, 0.1) is 16.8 Å². The van der Waals surface area contributed by atoms with Gasteiger partial charge >= 0.3 is 16.4 Å². The van der Waals surface area contributed by atoms with Crippen LogP contribution in [0.5, 0.6) is 0 Å². The monoisotopic (exact) mass is 564 g/mol. The molecule has 39 heavy (non-hydrogen) atoms. The van der Waals surface area contributed by atoms with E-state index in [9.17, 15) is 35.2 Å². The third kappa shape index (κ3) is 5.11. The van der Waals surface area contributed by atoms with Gasteiger partial charge in [-0.1, -0.05) is 29.8 Å². The number of nitrogens with one attached hydrogen (secondary N) is 2. The number of carbonyl (C=O) groups excluding carboxylic acids is 1. The maximum atomic E-state index is 15.0. The summed E-state index contributed by atoms with van der Waals surface area (Å²) in [5.74, 6) is -2.81. The largest absolute Gasteiger partial charge is 0.419 e. The molecule has 1 atom stereocenters. The van der Waals surface area contributed by atoms with Gasteiger partial charge in [-0.25, -0.2) is 13.8 Å². The van der Waals surface area contributed by atoms with E-state index in [2.05, 4.69) is 9.97 Å². The van der Waals surface area contributed by atoms with E-state index in [4.69, 9.17) is 0 Å². The lowest BCUT2D eigenvalue weighted by Crippen LogP contribution is -2.35. The van der Waals surface area contributed by atoms with Crippen LogP contribution in [0.25, 0.3) is 22.2 Å². The zero-order chi connectivity index (χ0) is 28.1. The molecule has 1 fully saturated rings. The molecule has 0 bridgehead atoms. The summed E-state index contributed by atoms with van der Waals surface area (Å²) < 4.78 is 99.2. The van der Waals surface area contributed by atoms with Crippen molar-refractivity contribution in [2.75, 3.05) is 17.8 Å². The number of fused-ring (bicyclic) bond motifs is 1. The number of hydrogen-bond donors (Lipinski definition) is 2. The number of halogens is 5. The molecule has 1 saturated heterocycles. The number of pyridine rings is 1. The van der Waals surface area contributed by atoms with Gasteiger partial charge in [-0.05, 0) is 37.1 Å². The average molecular weight is 565 g/mol. The molecular formula is C26H21F5N4O3S. The van der Waals surface area contributed by atoms with Gasteiger partial charge in [-0.15, -0.1) is 0 Å². The van der Waals surface area contributed by atoms with E-state index in [-0.39, 0.29) is 29.6 Å². The molecule has 3 heterocycles. The number of rotatable bonds is 6. The van der Waals surface area contributed by atoms with E-state index >= 15 is 0 Å². The van der Waals surface area contributed by atoms with Crippen LogP contribution in [0.3, 0.4) is 0 Å². The first-order valence-corrected chi connectivity index (χ1v) is 13.2. The quantitative estimate of drug-likeness (QED) is 0.235. The predicted molar refractivity (Wildman–Crippen MR) is 135 cm³/mol. The summed E-state index contributed by atoms with van der Waals surface area (Å²) in [6.45, 7) is 1.13. The number of benzene rings is 2. The fourth-order valence-electron chi connectivity index (χ4n) is 4.52. The molecule has 2 N–H and O–H groups in total. The summed E-state index contributed by atoms with van der Waals surface area (Å²) in [7, 11) is -4.62. The Kier molecular flexibility index (Phi) is 6.67. The lowest BCUT2D eigenvalue weighted by molar-refractivity contribution is -0.137.